The summed E-state index contributed by atoms with van der Waals surface area (Å²) in [5, 5.41) is 18.2. The van der Waals surface area contributed by atoms with E-state index in [2.05, 4.69) is 28.1 Å². The Hall–Kier alpha value is -1.82. The van der Waals surface area contributed by atoms with Crippen molar-refractivity contribution < 1.29 is 4.74 Å². The van der Waals surface area contributed by atoms with Crippen molar-refractivity contribution in [2.24, 2.45) is 0 Å². The molecule has 0 fully saturated rings. The molecule has 0 amide bonds. The number of halogens is 1. The van der Waals surface area contributed by atoms with Gasteiger partial charge in [0.25, 0.3) is 0 Å². The first kappa shape index (κ1) is 13.6. The van der Waals surface area contributed by atoms with Crippen LogP contribution in [0.25, 0.3) is 0 Å². The fraction of sp³-hybridized carbons (Fsp3) is 0.286. The van der Waals surface area contributed by atoms with Gasteiger partial charge in [0.15, 0.2) is 0 Å². The first-order valence-electron chi connectivity index (χ1n) is 5.82. The highest BCUT2D eigenvalue weighted by atomic mass is 79.9. The molecule has 0 saturated carbocycles. The molecule has 1 aromatic carbocycles. The van der Waals surface area contributed by atoms with Crippen molar-refractivity contribution in [2.75, 3.05) is 18.1 Å². The Morgan fingerprint density at radius 3 is 2.63 bits per heavy atom. The van der Waals surface area contributed by atoms with Crippen molar-refractivity contribution in [1.29, 1.82) is 10.5 Å². The van der Waals surface area contributed by atoms with E-state index in [9.17, 15) is 5.26 Å². The normalized spacial score (nSPS) is 18.0. The summed E-state index contributed by atoms with van der Waals surface area (Å²) >= 11 is 3.38. The van der Waals surface area contributed by atoms with E-state index in [0.29, 0.717) is 12.2 Å². The molecule has 0 aromatic heterocycles. The fourth-order valence-corrected chi connectivity index (χ4v) is 2.28. The second-order valence-corrected chi connectivity index (χ2v) is 5.06. The molecule has 1 atom stereocenters. The Morgan fingerprint density at radius 1 is 1.37 bits per heavy atom. The predicted molar refractivity (Wildman–Crippen MR) is 75.2 cm³/mol. The summed E-state index contributed by atoms with van der Waals surface area (Å²) in [5.41, 5.74) is 2.25. The van der Waals surface area contributed by atoms with Gasteiger partial charge in [-0.05, 0) is 31.2 Å². The number of rotatable bonds is 3. The SMILES string of the molecule is CC1OCC(N(CC#N)c2ccc(Br)cc2)=C1C#N. The monoisotopic (exact) mass is 317 g/mol. The van der Waals surface area contributed by atoms with E-state index < -0.39 is 0 Å². The highest BCUT2D eigenvalue weighted by Gasteiger charge is 2.27. The lowest BCUT2D eigenvalue weighted by atomic mass is 10.1. The molecule has 2 rings (SSSR count). The number of nitriles is 2. The molecule has 4 nitrogen and oxygen atoms in total. The van der Waals surface area contributed by atoms with Crippen molar-refractivity contribution in [1.82, 2.24) is 0 Å². The van der Waals surface area contributed by atoms with E-state index in [4.69, 9.17) is 10.00 Å². The number of hydrogen-bond donors (Lipinski definition) is 0. The van der Waals surface area contributed by atoms with Gasteiger partial charge in [-0.3, -0.25) is 0 Å². The average Bonchev–Trinajstić information content (AvgIpc) is 2.78. The maximum Gasteiger partial charge on any atom is 0.110 e. The summed E-state index contributed by atoms with van der Waals surface area (Å²) in [4.78, 5) is 1.83. The van der Waals surface area contributed by atoms with E-state index in [-0.39, 0.29) is 12.6 Å². The molecule has 1 heterocycles. The van der Waals surface area contributed by atoms with E-state index in [1.807, 2.05) is 36.1 Å². The van der Waals surface area contributed by atoms with Crippen LogP contribution in [0.3, 0.4) is 0 Å². The van der Waals surface area contributed by atoms with Crippen molar-refractivity contribution in [3.63, 3.8) is 0 Å². The topological polar surface area (TPSA) is 60.0 Å². The summed E-state index contributed by atoms with van der Waals surface area (Å²) in [6.07, 6.45) is -0.211. The van der Waals surface area contributed by atoms with Crippen molar-refractivity contribution in [2.45, 2.75) is 13.0 Å². The summed E-state index contributed by atoms with van der Waals surface area (Å²) in [7, 11) is 0. The molecule has 96 valence electrons. The largest absolute Gasteiger partial charge is 0.367 e. The molecule has 19 heavy (non-hydrogen) atoms. The Morgan fingerprint density at radius 2 is 2.05 bits per heavy atom. The Bertz CT molecular complexity index is 580. The minimum Gasteiger partial charge on any atom is -0.367 e. The molecular formula is C14H12BrN3O. The minimum atomic E-state index is -0.211. The molecule has 0 saturated heterocycles. The molecule has 0 spiro atoms. The first-order chi connectivity index (χ1) is 9.17. The highest BCUT2D eigenvalue weighted by Crippen LogP contribution is 2.28. The molecule has 1 aliphatic rings. The molecule has 0 bridgehead atoms. The van der Waals surface area contributed by atoms with Crippen molar-refractivity contribution in [3.05, 3.63) is 40.0 Å². The molecule has 1 aromatic rings. The van der Waals surface area contributed by atoms with Crippen LogP contribution < -0.4 is 4.90 Å². The predicted octanol–water partition coefficient (Wildman–Crippen LogP) is 2.98. The molecule has 0 aliphatic carbocycles. The van der Waals surface area contributed by atoms with Gasteiger partial charge >= 0.3 is 0 Å². The van der Waals surface area contributed by atoms with E-state index >= 15 is 0 Å². The van der Waals surface area contributed by atoms with Gasteiger partial charge < -0.3 is 9.64 Å². The molecule has 0 radical (unpaired) electrons. The third kappa shape index (κ3) is 2.78. The van der Waals surface area contributed by atoms with Gasteiger partial charge in [-0.25, -0.2) is 0 Å². The Kier molecular flexibility index (Phi) is 4.21. The van der Waals surface area contributed by atoms with E-state index in [1.165, 1.54) is 0 Å². The summed E-state index contributed by atoms with van der Waals surface area (Å²) < 4.78 is 6.46. The summed E-state index contributed by atoms with van der Waals surface area (Å²) in [5.74, 6) is 0. The average molecular weight is 318 g/mol. The first-order valence-corrected chi connectivity index (χ1v) is 6.61. The van der Waals surface area contributed by atoms with Crippen LogP contribution in [0.5, 0.6) is 0 Å². The molecule has 5 heteroatoms. The molecule has 0 N–H and O–H groups in total. The summed E-state index contributed by atoms with van der Waals surface area (Å²) in [6, 6.07) is 11.9. The van der Waals surface area contributed by atoms with Gasteiger partial charge in [-0.2, -0.15) is 10.5 Å². The van der Waals surface area contributed by atoms with Gasteiger partial charge in [-0.1, -0.05) is 15.9 Å². The van der Waals surface area contributed by atoms with Crippen LogP contribution in [0.4, 0.5) is 5.69 Å². The minimum absolute atomic E-state index is 0.193. The van der Waals surface area contributed by atoms with Crippen LogP contribution in [0.15, 0.2) is 40.0 Å². The Labute approximate surface area is 120 Å². The van der Waals surface area contributed by atoms with Crippen LogP contribution in [-0.4, -0.2) is 19.3 Å². The van der Waals surface area contributed by atoms with Crippen LogP contribution in [0, 0.1) is 22.7 Å². The third-order valence-corrected chi connectivity index (χ3v) is 3.53. The number of benzene rings is 1. The van der Waals surface area contributed by atoms with Gasteiger partial charge in [0.05, 0.1) is 36.1 Å². The van der Waals surface area contributed by atoms with Crippen LogP contribution >= 0.6 is 15.9 Å². The zero-order valence-electron chi connectivity index (χ0n) is 10.4. The van der Waals surface area contributed by atoms with Gasteiger partial charge in [-0.15, -0.1) is 0 Å². The zero-order chi connectivity index (χ0) is 13.8. The molecule has 1 unspecified atom stereocenters. The van der Waals surface area contributed by atoms with Crippen molar-refractivity contribution >= 4 is 21.6 Å². The van der Waals surface area contributed by atoms with Crippen LogP contribution in [-0.2, 0) is 4.74 Å². The van der Waals surface area contributed by atoms with Crippen molar-refractivity contribution in [3.8, 4) is 12.1 Å². The van der Waals surface area contributed by atoms with Gasteiger partial charge in [0.1, 0.15) is 6.54 Å². The lowest BCUT2D eigenvalue weighted by molar-refractivity contribution is 0.135. The lowest BCUT2D eigenvalue weighted by Gasteiger charge is -2.22. The molecular weight excluding hydrogens is 306 g/mol. The number of anilines is 1. The number of hydrogen-bond acceptors (Lipinski definition) is 4. The number of ether oxygens (including phenoxy) is 1. The highest BCUT2D eigenvalue weighted by molar-refractivity contribution is 9.10. The standard InChI is InChI=1S/C14H12BrN3O/c1-10-13(8-17)14(9-19-10)18(7-6-16)12-4-2-11(15)3-5-12/h2-5,10H,7,9H2,1H3. The smallest absolute Gasteiger partial charge is 0.110 e. The second-order valence-electron chi connectivity index (χ2n) is 4.15. The molecule has 1 aliphatic heterocycles. The maximum atomic E-state index is 9.21. The summed E-state index contributed by atoms with van der Waals surface area (Å²) in [6.45, 7) is 2.40. The van der Waals surface area contributed by atoms with Gasteiger partial charge in [0, 0.05) is 10.2 Å². The number of nitrogens with zero attached hydrogens (tertiary/aromatic N) is 3. The fourth-order valence-electron chi connectivity index (χ4n) is 2.01. The van der Waals surface area contributed by atoms with Gasteiger partial charge in [0.2, 0.25) is 0 Å². The quantitative estimate of drug-likeness (QED) is 0.804. The van der Waals surface area contributed by atoms with Crippen LogP contribution in [0.1, 0.15) is 6.92 Å². The van der Waals surface area contributed by atoms with E-state index in [1.54, 1.807) is 0 Å². The third-order valence-electron chi connectivity index (χ3n) is 3.00. The van der Waals surface area contributed by atoms with E-state index in [0.717, 1.165) is 15.9 Å². The zero-order valence-corrected chi connectivity index (χ0v) is 12.0. The lowest BCUT2D eigenvalue weighted by Crippen LogP contribution is -2.24. The Balaban J connectivity index is 2.42. The second kappa shape index (κ2) is 5.88. The van der Waals surface area contributed by atoms with Crippen LogP contribution in [0.2, 0.25) is 0 Å². The maximum absolute atomic E-state index is 9.21.